The van der Waals surface area contributed by atoms with Gasteiger partial charge in [0.15, 0.2) is 0 Å². The molecule has 0 aliphatic carbocycles. The first-order valence-corrected chi connectivity index (χ1v) is 6.72. The van der Waals surface area contributed by atoms with E-state index in [-0.39, 0.29) is 5.91 Å². The van der Waals surface area contributed by atoms with Gasteiger partial charge in [0.05, 0.1) is 0 Å². The van der Waals surface area contributed by atoms with Crippen LogP contribution in [0.15, 0.2) is 64.4 Å². The summed E-state index contributed by atoms with van der Waals surface area (Å²) in [5.74, 6) is 0.0402. The smallest absolute Gasteiger partial charge is 0.224 e. The second-order valence-electron chi connectivity index (χ2n) is 3.84. The molecule has 2 aromatic carbocycles. The zero-order valence-electron chi connectivity index (χ0n) is 10.2. The third kappa shape index (κ3) is 3.64. The quantitative estimate of drug-likeness (QED) is 0.890. The van der Waals surface area contributed by atoms with Crippen LogP contribution in [0.5, 0.6) is 0 Å². The summed E-state index contributed by atoms with van der Waals surface area (Å²) in [6.07, 6.45) is 0.501. The first-order valence-electron chi connectivity index (χ1n) is 5.91. The lowest BCUT2D eigenvalue weighted by atomic mass is 10.3. The van der Waals surface area contributed by atoms with Gasteiger partial charge in [-0.05, 0) is 36.4 Å². The molecule has 0 saturated heterocycles. The van der Waals surface area contributed by atoms with Gasteiger partial charge < -0.3 is 5.32 Å². The molecule has 2 rings (SSSR count). The van der Waals surface area contributed by atoms with Gasteiger partial charge in [-0.2, -0.15) is 0 Å². The molecular formula is C15H15NOS. The summed E-state index contributed by atoms with van der Waals surface area (Å²) in [7, 11) is 0. The predicted octanol–water partition coefficient (Wildman–Crippen LogP) is 4.19. The molecule has 18 heavy (non-hydrogen) atoms. The van der Waals surface area contributed by atoms with Crippen molar-refractivity contribution in [2.75, 3.05) is 5.32 Å². The lowest BCUT2D eigenvalue weighted by Crippen LogP contribution is -2.08. The summed E-state index contributed by atoms with van der Waals surface area (Å²) in [6, 6.07) is 18.1. The maximum atomic E-state index is 11.2. The number of carbonyl (C=O) groups is 1. The number of anilines is 1. The molecular weight excluding hydrogens is 242 g/mol. The van der Waals surface area contributed by atoms with Crippen molar-refractivity contribution in [2.24, 2.45) is 0 Å². The topological polar surface area (TPSA) is 29.1 Å². The number of hydrogen-bond donors (Lipinski definition) is 1. The van der Waals surface area contributed by atoms with Crippen LogP contribution >= 0.6 is 11.8 Å². The van der Waals surface area contributed by atoms with Crippen molar-refractivity contribution in [3.05, 3.63) is 54.6 Å². The minimum absolute atomic E-state index is 0.0402. The van der Waals surface area contributed by atoms with Crippen LogP contribution in [0, 0.1) is 0 Å². The second kappa shape index (κ2) is 6.26. The molecule has 3 heteroatoms. The van der Waals surface area contributed by atoms with Gasteiger partial charge in [0, 0.05) is 21.9 Å². The van der Waals surface area contributed by atoms with Crippen molar-refractivity contribution in [3.63, 3.8) is 0 Å². The SMILES string of the molecule is CCC(=O)Nc1ccc(Sc2ccccc2)cc1. The van der Waals surface area contributed by atoms with E-state index in [9.17, 15) is 4.79 Å². The molecule has 0 spiro atoms. The van der Waals surface area contributed by atoms with Gasteiger partial charge >= 0.3 is 0 Å². The van der Waals surface area contributed by atoms with Gasteiger partial charge in [-0.15, -0.1) is 0 Å². The number of benzene rings is 2. The molecule has 1 N–H and O–H groups in total. The molecule has 92 valence electrons. The molecule has 0 unspecified atom stereocenters. The molecule has 0 heterocycles. The van der Waals surface area contributed by atoms with Crippen molar-refractivity contribution in [1.82, 2.24) is 0 Å². The highest BCUT2D eigenvalue weighted by Crippen LogP contribution is 2.28. The maximum absolute atomic E-state index is 11.2. The Kier molecular flexibility index (Phi) is 4.42. The largest absolute Gasteiger partial charge is 0.326 e. The van der Waals surface area contributed by atoms with E-state index in [1.54, 1.807) is 11.8 Å². The number of rotatable bonds is 4. The van der Waals surface area contributed by atoms with Gasteiger partial charge in [0.25, 0.3) is 0 Å². The van der Waals surface area contributed by atoms with Crippen LogP contribution in [0.2, 0.25) is 0 Å². The molecule has 2 nitrogen and oxygen atoms in total. The Hall–Kier alpha value is -1.74. The van der Waals surface area contributed by atoms with Crippen LogP contribution in [-0.2, 0) is 4.79 Å². The Labute approximate surface area is 111 Å². The highest BCUT2D eigenvalue weighted by molar-refractivity contribution is 7.99. The monoisotopic (exact) mass is 257 g/mol. The predicted molar refractivity (Wildman–Crippen MR) is 75.9 cm³/mol. The van der Waals surface area contributed by atoms with Gasteiger partial charge in [0.2, 0.25) is 5.91 Å². The number of amides is 1. The van der Waals surface area contributed by atoms with E-state index in [0.29, 0.717) is 6.42 Å². The molecule has 0 bridgehead atoms. The van der Waals surface area contributed by atoms with Crippen LogP contribution in [0.4, 0.5) is 5.69 Å². The minimum atomic E-state index is 0.0402. The zero-order valence-corrected chi connectivity index (χ0v) is 11.0. The number of hydrogen-bond acceptors (Lipinski definition) is 2. The van der Waals surface area contributed by atoms with E-state index in [2.05, 4.69) is 17.4 Å². The lowest BCUT2D eigenvalue weighted by Gasteiger charge is -2.05. The van der Waals surface area contributed by atoms with Gasteiger partial charge in [-0.25, -0.2) is 0 Å². The fraction of sp³-hybridized carbons (Fsp3) is 0.133. The Morgan fingerprint density at radius 2 is 1.61 bits per heavy atom. The van der Waals surface area contributed by atoms with E-state index in [1.807, 2.05) is 49.4 Å². The van der Waals surface area contributed by atoms with Crippen molar-refractivity contribution in [3.8, 4) is 0 Å². The molecule has 0 saturated carbocycles. The molecule has 0 atom stereocenters. The normalized spacial score (nSPS) is 10.1. The number of carbonyl (C=O) groups excluding carboxylic acids is 1. The summed E-state index contributed by atoms with van der Waals surface area (Å²) in [4.78, 5) is 13.6. The second-order valence-corrected chi connectivity index (χ2v) is 4.99. The zero-order chi connectivity index (χ0) is 12.8. The molecule has 0 aromatic heterocycles. The third-order valence-corrected chi connectivity index (χ3v) is 3.45. The fourth-order valence-electron chi connectivity index (χ4n) is 1.48. The van der Waals surface area contributed by atoms with Crippen molar-refractivity contribution in [1.29, 1.82) is 0 Å². The van der Waals surface area contributed by atoms with E-state index < -0.39 is 0 Å². The highest BCUT2D eigenvalue weighted by Gasteiger charge is 2.00. The van der Waals surface area contributed by atoms with E-state index in [4.69, 9.17) is 0 Å². The van der Waals surface area contributed by atoms with Crippen LogP contribution in [0.1, 0.15) is 13.3 Å². The summed E-state index contributed by atoms with van der Waals surface area (Å²) < 4.78 is 0. The average molecular weight is 257 g/mol. The van der Waals surface area contributed by atoms with E-state index in [0.717, 1.165) is 10.6 Å². The highest BCUT2D eigenvalue weighted by atomic mass is 32.2. The van der Waals surface area contributed by atoms with E-state index in [1.165, 1.54) is 4.90 Å². The Bertz CT molecular complexity index is 508. The summed E-state index contributed by atoms with van der Waals surface area (Å²) >= 11 is 1.71. The van der Waals surface area contributed by atoms with Crippen LogP contribution < -0.4 is 5.32 Å². The van der Waals surface area contributed by atoms with Crippen molar-refractivity contribution >= 4 is 23.4 Å². The average Bonchev–Trinajstić information content (AvgIpc) is 2.42. The first-order chi connectivity index (χ1) is 8.78. The summed E-state index contributed by atoms with van der Waals surface area (Å²) in [6.45, 7) is 1.84. The third-order valence-electron chi connectivity index (χ3n) is 2.44. The van der Waals surface area contributed by atoms with Crippen LogP contribution in [0.3, 0.4) is 0 Å². The summed E-state index contributed by atoms with van der Waals surface area (Å²) in [5.41, 5.74) is 0.847. The van der Waals surface area contributed by atoms with Gasteiger partial charge in [-0.1, -0.05) is 36.9 Å². The Morgan fingerprint density at radius 1 is 1.00 bits per heavy atom. The van der Waals surface area contributed by atoms with Crippen LogP contribution in [0.25, 0.3) is 0 Å². The van der Waals surface area contributed by atoms with Crippen LogP contribution in [-0.4, -0.2) is 5.91 Å². The minimum Gasteiger partial charge on any atom is -0.326 e. The molecule has 2 aromatic rings. The molecule has 0 aliphatic rings. The maximum Gasteiger partial charge on any atom is 0.224 e. The molecule has 0 aliphatic heterocycles. The van der Waals surface area contributed by atoms with Gasteiger partial charge in [0.1, 0.15) is 0 Å². The fourth-order valence-corrected chi connectivity index (χ4v) is 2.32. The van der Waals surface area contributed by atoms with Crippen molar-refractivity contribution in [2.45, 2.75) is 23.1 Å². The summed E-state index contributed by atoms with van der Waals surface area (Å²) in [5, 5.41) is 2.83. The Balaban J connectivity index is 2.02. The number of nitrogens with one attached hydrogen (secondary N) is 1. The van der Waals surface area contributed by atoms with Crippen molar-refractivity contribution < 1.29 is 4.79 Å². The molecule has 0 radical (unpaired) electrons. The lowest BCUT2D eigenvalue weighted by molar-refractivity contribution is -0.115. The first kappa shape index (κ1) is 12.7. The molecule has 1 amide bonds. The molecule has 0 fully saturated rings. The van der Waals surface area contributed by atoms with E-state index >= 15 is 0 Å². The van der Waals surface area contributed by atoms with Gasteiger partial charge in [-0.3, -0.25) is 4.79 Å². The standard InChI is InChI=1S/C15H15NOS/c1-2-15(17)16-12-8-10-14(11-9-12)18-13-6-4-3-5-7-13/h3-11H,2H2,1H3,(H,16,17). The Morgan fingerprint density at radius 3 is 2.22 bits per heavy atom.